The van der Waals surface area contributed by atoms with Crippen LogP contribution in [0.3, 0.4) is 0 Å². The summed E-state index contributed by atoms with van der Waals surface area (Å²) in [5.41, 5.74) is 2.05. The highest BCUT2D eigenvalue weighted by atomic mass is 16.6. The molecule has 0 radical (unpaired) electrons. The molecule has 0 aromatic heterocycles. The first-order chi connectivity index (χ1) is 15.5. The van der Waals surface area contributed by atoms with Gasteiger partial charge in [-0.3, -0.25) is 9.59 Å². The lowest BCUT2D eigenvalue weighted by atomic mass is 9.96. The predicted molar refractivity (Wildman–Crippen MR) is 117 cm³/mol. The van der Waals surface area contributed by atoms with Gasteiger partial charge >= 0.3 is 11.9 Å². The lowest BCUT2D eigenvalue weighted by molar-refractivity contribution is -0.217. The SMILES string of the molecule is COC(=O)CC1O[C@H](COC(C)=O)[C@@H](OCc2ccccc2)C[C@H]1OCc1ccccc1. The Bertz CT molecular complexity index is 840. The first-order valence-corrected chi connectivity index (χ1v) is 10.7. The van der Waals surface area contributed by atoms with Crippen molar-refractivity contribution in [1.82, 2.24) is 0 Å². The summed E-state index contributed by atoms with van der Waals surface area (Å²) in [4.78, 5) is 23.4. The predicted octanol–water partition coefficient (Wildman–Crippen LogP) is 3.44. The first-order valence-electron chi connectivity index (χ1n) is 10.7. The average molecular weight is 443 g/mol. The monoisotopic (exact) mass is 442 g/mol. The Labute approximate surface area is 188 Å². The first kappa shape index (κ1) is 23.9. The van der Waals surface area contributed by atoms with Crippen LogP contribution in [0.1, 0.15) is 30.9 Å². The Morgan fingerprint density at radius 2 is 1.41 bits per heavy atom. The maximum absolute atomic E-state index is 12.0. The number of rotatable bonds is 10. The zero-order valence-corrected chi connectivity index (χ0v) is 18.5. The van der Waals surface area contributed by atoms with Crippen LogP contribution in [0.5, 0.6) is 0 Å². The molecule has 2 aromatic carbocycles. The molecular formula is C25H30O7. The van der Waals surface area contributed by atoms with E-state index in [1.54, 1.807) is 0 Å². The molecular weight excluding hydrogens is 412 g/mol. The molecule has 1 fully saturated rings. The number of hydrogen-bond donors (Lipinski definition) is 0. The standard InChI is InChI=1S/C25H30O7/c1-18(26)29-17-24-22(31-16-20-11-7-4-8-12-20)13-21(23(32-24)14-25(27)28-2)30-15-19-9-5-3-6-10-19/h3-12,21-24H,13-17H2,1-2H3/t21-,22+,23?,24-/m1/s1. The van der Waals surface area contributed by atoms with Crippen LogP contribution in [0, 0.1) is 0 Å². The van der Waals surface area contributed by atoms with Crippen LogP contribution in [-0.4, -0.2) is 50.1 Å². The Balaban J connectivity index is 1.72. The van der Waals surface area contributed by atoms with Crippen LogP contribution in [0.4, 0.5) is 0 Å². The Kier molecular flexibility index (Phi) is 9.22. The Morgan fingerprint density at radius 1 is 0.875 bits per heavy atom. The number of benzene rings is 2. The second kappa shape index (κ2) is 12.3. The van der Waals surface area contributed by atoms with Crippen LogP contribution in [0.25, 0.3) is 0 Å². The van der Waals surface area contributed by atoms with Gasteiger partial charge in [-0.15, -0.1) is 0 Å². The normalized spacial score (nSPS) is 22.8. The van der Waals surface area contributed by atoms with Gasteiger partial charge in [-0.25, -0.2) is 0 Å². The maximum atomic E-state index is 12.0. The quantitative estimate of drug-likeness (QED) is 0.522. The largest absolute Gasteiger partial charge is 0.469 e. The zero-order chi connectivity index (χ0) is 22.8. The van der Waals surface area contributed by atoms with Gasteiger partial charge in [0.2, 0.25) is 0 Å². The van der Waals surface area contributed by atoms with Crippen molar-refractivity contribution < 1.29 is 33.3 Å². The number of hydrogen-bond acceptors (Lipinski definition) is 7. The molecule has 2 aromatic rings. The van der Waals surface area contributed by atoms with E-state index in [0.29, 0.717) is 19.6 Å². The molecule has 1 aliphatic rings. The minimum atomic E-state index is -0.539. The van der Waals surface area contributed by atoms with Crippen molar-refractivity contribution in [2.24, 2.45) is 0 Å². The van der Waals surface area contributed by atoms with Gasteiger partial charge in [0, 0.05) is 13.3 Å². The molecule has 0 N–H and O–H groups in total. The molecule has 7 nitrogen and oxygen atoms in total. The van der Waals surface area contributed by atoms with Crippen molar-refractivity contribution in [1.29, 1.82) is 0 Å². The van der Waals surface area contributed by atoms with Crippen molar-refractivity contribution in [2.45, 2.75) is 57.4 Å². The van der Waals surface area contributed by atoms with Crippen molar-refractivity contribution in [3.05, 3.63) is 71.8 Å². The third kappa shape index (κ3) is 7.44. The molecule has 4 atom stereocenters. The molecule has 0 saturated carbocycles. The van der Waals surface area contributed by atoms with E-state index in [9.17, 15) is 9.59 Å². The molecule has 0 bridgehead atoms. The summed E-state index contributed by atoms with van der Waals surface area (Å²) in [5.74, 6) is -0.791. The van der Waals surface area contributed by atoms with Gasteiger partial charge in [0.15, 0.2) is 0 Å². The molecule has 0 amide bonds. The molecule has 0 aliphatic carbocycles. The van der Waals surface area contributed by atoms with E-state index >= 15 is 0 Å². The fraction of sp³-hybridized carbons (Fsp3) is 0.440. The number of ether oxygens (including phenoxy) is 5. The summed E-state index contributed by atoms with van der Waals surface area (Å²) in [6.45, 7) is 2.16. The molecule has 1 heterocycles. The summed E-state index contributed by atoms with van der Waals surface area (Å²) in [7, 11) is 1.34. The molecule has 1 saturated heterocycles. The minimum Gasteiger partial charge on any atom is -0.469 e. The lowest BCUT2D eigenvalue weighted by Gasteiger charge is -2.40. The van der Waals surface area contributed by atoms with Gasteiger partial charge < -0.3 is 23.7 Å². The van der Waals surface area contributed by atoms with E-state index in [4.69, 9.17) is 23.7 Å². The summed E-state index contributed by atoms with van der Waals surface area (Å²) < 4.78 is 28.6. The van der Waals surface area contributed by atoms with Gasteiger partial charge in [-0.05, 0) is 11.1 Å². The van der Waals surface area contributed by atoms with E-state index in [0.717, 1.165) is 11.1 Å². The number of esters is 2. The minimum absolute atomic E-state index is 0.0396. The summed E-state index contributed by atoms with van der Waals surface area (Å²) >= 11 is 0. The summed E-state index contributed by atoms with van der Waals surface area (Å²) in [6, 6.07) is 19.6. The molecule has 0 spiro atoms. The van der Waals surface area contributed by atoms with Crippen molar-refractivity contribution >= 4 is 11.9 Å². The van der Waals surface area contributed by atoms with Crippen LogP contribution in [0.15, 0.2) is 60.7 Å². The smallest absolute Gasteiger partial charge is 0.308 e. The fourth-order valence-electron chi connectivity index (χ4n) is 3.61. The number of methoxy groups -OCH3 is 1. The van der Waals surface area contributed by atoms with E-state index in [2.05, 4.69) is 0 Å². The van der Waals surface area contributed by atoms with Gasteiger partial charge in [-0.2, -0.15) is 0 Å². The van der Waals surface area contributed by atoms with Crippen molar-refractivity contribution in [2.75, 3.05) is 13.7 Å². The third-order valence-electron chi connectivity index (χ3n) is 5.30. The number of carbonyl (C=O) groups excluding carboxylic acids is 2. The van der Waals surface area contributed by atoms with Gasteiger partial charge in [0.05, 0.1) is 45.1 Å². The summed E-state index contributed by atoms with van der Waals surface area (Å²) in [5, 5.41) is 0. The third-order valence-corrected chi connectivity index (χ3v) is 5.30. The molecule has 3 rings (SSSR count). The van der Waals surface area contributed by atoms with Crippen LogP contribution >= 0.6 is 0 Å². The lowest BCUT2D eigenvalue weighted by Crippen LogP contribution is -2.51. The summed E-state index contributed by atoms with van der Waals surface area (Å²) in [6.07, 6.45) is -1.28. The molecule has 1 aliphatic heterocycles. The van der Waals surface area contributed by atoms with Crippen LogP contribution in [-0.2, 0) is 46.5 Å². The van der Waals surface area contributed by atoms with Crippen LogP contribution < -0.4 is 0 Å². The molecule has 7 heteroatoms. The van der Waals surface area contributed by atoms with E-state index < -0.39 is 24.1 Å². The van der Waals surface area contributed by atoms with E-state index in [-0.39, 0.29) is 25.2 Å². The topological polar surface area (TPSA) is 80.3 Å². The highest BCUT2D eigenvalue weighted by molar-refractivity contribution is 5.69. The van der Waals surface area contributed by atoms with Gasteiger partial charge in [-0.1, -0.05) is 60.7 Å². The molecule has 172 valence electrons. The molecule has 1 unspecified atom stereocenters. The fourth-order valence-corrected chi connectivity index (χ4v) is 3.61. The second-order valence-corrected chi connectivity index (χ2v) is 7.70. The van der Waals surface area contributed by atoms with Crippen LogP contribution in [0.2, 0.25) is 0 Å². The maximum Gasteiger partial charge on any atom is 0.308 e. The van der Waals surface area contributed by atoms with Gasteiger partial charge in [0.1, 0.15) is 12.7 Å². The highest BCUT2D eigenvalue weighted by Crippen LogP contribution is 2.29. The van der Waals surface area contributed by atoms with Crippen molar-refractivity contribution in [3.8, 4) is 0 Å². The van der Waals surface area contributed by atoms with Gasteiger partial charge in [0.25, 0.3) is 0 Å². The average Bonchev–Trinajstić information content (AvgIpc) is 2.82. The second-order valence-electron chi connectivity index (χ2n) is 7.70. The van der Waals surface area contributed by atoms with E-state index in [1.165, 1.54) is 14.0 Å². The highest BCUT2D eigenvalue weighted by Gasteiger charge is 2.41. The molecule has 32 heavy (non-hydrogen) atoms. The van der Waals surface area contributed by atoms with Crippen molar-refractivity contribution in [3.63, 3.8) is 0 Å². The number of carbonyl (C=O) groups is 2. The van der Waals surface area contributed by atoms with E-state index in [1.807, 2.05) is 60.7 Å². The zero-order valence-electron chi connectivity index (χ0n) is 18.5. The Hall–Kier alpha value is -2.74. The Morgan fingerprint density at radius 3 is 1.91 bits per heavy atom.